The first-order valence-corrected chi connectivity index (χ1v) is 9.09. The van der Waals surface area contributed by atoms with E-state index >= 15 is 0 Å². The van der Waals surface area contributed by atoms with E-state index in [0.717, 1.165) is 31.7 Å². The molecule has 0 spiro atoms. The Balaban J connectivity index is 1.62. The Morgan fingerprint density at radius 1 is 1.27 bits per heavy atom. The summed E-state index contributed by atoms with van der Waals surface area (Å²) >= 11 is 0. The topological polar surface area (TPSA) is 82.0 Å². The molecule has 2 N–H and O–H groups in total. The van der Waals surface area contributed by atoms with Gasteiger partial charge < -0.3 is 9.47 Å². The molecule has 1 aromatic rings. The third-order valence-corrected chi connectivity index (χ3v) is 5.38. The van der Waals surface area contributed by atoms with Gasteiger partial charge in [-0.3, -0.25) is 4.90 Å². The Morgan fingerprint density at radius 2 is 2.09 bits per heavy atom. The Kier molecular flexibility index (Phi) is 4.92. The van der Waals surface area contributed by atoms with E-state index in [-0.39, 0.29) is 11.0 Å². The molecule has 0 bridgehead atoms. The van der Waals surface area contributed by atoms with Crippen LogP contribution in [-0.2, 0) is 19.5 Å². The van der Waals surface area contributed by atoms with Crippen LogP contribution in [0.15, 0.2) is 23.2 Å². The van der Waals surface area contributed by atoms with Crippen LogP contribution in [0.3, 0.4) is 0 Å². The van der Waals surface area contributed by atoms with Crippen molar-refractivity contribution in [3.8, 4) is 0 Å². The number of nitrogens with zero attached hydrogens (tertiary/aromatic N) is 1. The fourth-order valence-electron chi connectivity index (χ4n) is 2.66. The quantitative estimate of drug-likeness (QED) is 0.809. The van der Waals surface area contributed by atoms with Crippen LogP contribution in [0.5, 0.6) is 0 Å². The smallest absolute Gasteiger partial charge is 0.274 e. The maximum atomic E-state index is 12.3. The van der Waals surface area contributed by atoms with E-state index in [0.29, 0.717) is 26.4 Å². The summed E-state index contributed by atoms with van der Waals surface area (Å²) in [7, 11) is -3.50. The molecule has 3 rings (SSSR count). The van der Waals surface area contributed by atoms with Gasteiger partial charge in [-0.25, -0.2) is 18.1 Å². The summed E-state index contributed by atoms with van der Waals surface area (Å²) in [5.41, 5.74) is 0. The number of hydrogen-bond acceptors (Lipinski definition) is 5. The van der Waals surface area contributed by atoms with E-state index in [9.17, 15) is 8.42 Å². The number of aromatic nitrogens is 1. The molecule has 0 amide bonds. The first-order valence-electron chi connectivity index (χ1n) is 7.61. The van der Waals surface area contributed by atoms with Crippen molar-refractivity contribution in [2.45, 2.75) is 23.8 Å². The van der Waals surface area contributed by atoms with Gasteiger partial charge in [0.1, 0.15) is 24.2 Å². The Hall–Kier alpha value is -1.22. The minimum Gasteiger partial charge on any atom is -0.377 e. The highest BCUT2D eigenvalue weighted by molar-refractivity contribution is 7.89. The van der Waals surface area contributed by atoms with Crippen LogP contribution in [-0.4, -0.2) is 54.0 Å². The molecule has 22 heavy (non-hydrogen) atoms. The monoisotopic (exact) mass is 328 g/mol. The molecule has 122 valence electrons. The van der Waals surface area contributed by atoms with Crippen molar-refractivity contribution in [2.24, 2.45) is 0 Å². The fourth-order valence-corrected chi connectivity index (χ4v) is 3.70. The summed E-state index contributed by atoms with van der Waals surface area (Å²) in [6.07, 6.45) is 3.42. The Bertz CT molecular complexity index is 579. The normalized spacial score (nSPS) is 22.9. The lowest BCUT2D eigenvalue weighted by atomic mass is 10.2. The first-order chi connectivity index (χ1) is 10.6. The summed E-state index contributed by atoms with van der Waals surface area (Å²) in [6.45, 7) is 4.04. The molecular formula is C14H22N3O4S+. The number of ether oxygens (including phenoxy) is 2. The second kappa shape index (κ2) is 6.91. The highest BCUT2D eigenvalue weighted by Gasteiger charge is 2.23. The van der Waals surface area contributed by atoms with E-state index in [1.54, 1.807) is 12.1 Å². The van der Waals surface area contributed by atoms with Crippen molar-refractivity contribution in [1.29, 1.82) is 0 Å². The zero-order chi connectivity index (χ0) is 15.4. The van der Waals surface area contributed by atoms with Gasteiger partial charge in [0.15, 0.2) is 0 Å². The van der Waals surface area contributed by atoms with Gasteiger partial charge in [0.25, 0.3) is 5.82 Å². The van der Waals surface area contributed by atoms with Crippen LogP contribution in [0.2, 0.25) is 0 Å². The number of sulfonamides is 1. The van der Waals surface area contributed by atoms with Crippen molar-refractivity contribution in [3.05, 3.63) is 18.3 Å². The van der Waals surface area contributed by atoms with Crippen molar-refractivity contribution in [3.63, 3.8) is 0 Å². The van der Waals surface area contributed by atoms with Gasteiger partial charge in [-0.05, 0) is 18.9 Å². The molecule has 0 radical (unpaired) electrons. The molecule has 0 aliphatic carbocycles. The average Bonchev–Trinajstić information content (AvgIpc) is 3.08. The number of anilines is 1. The zero-order valence-corrected chi connectivity index (χ0v) is 13.3. The average molecular weight is 328 g/mol. The van der Waals surface area contributed by atoms with Gasteiger partial charge in [0.2, 0.25) is 10.0 Å². The fraction of sp³-hybridized carbons (Fsp3) is 0.643. The lowest BCUT2D eigenvalue weighted by molar-refractivity contribution is -0.367. The Labute approximate surface area is 130 Å². The summed E-state index contributed by atoms with van der Waals surface area (Å²) in [5.74, 6) is 0.904. The van der Waals surface area contributed by atoms with Crippen LogP contribution >= 0.6 is 0 Å². The Morgan fingerprint density at radius 3 is 2.73 bits per heavy atom. The van der Waals surface area contributed by atoms with Crippen LogP contribution in [0, 0.1) is 0 Å². The minimum absolute atomic E-state index is 0.00798. The minimum atomic E-state index is -3.50. The van der Waals surface area contributed by atoms with Crippen molar-refractivity contribution >= 4 is 15.8 Å². The molecule has 1 atom stereocenters. The molecule has 3 heterocycles. The number of aromatic amines is 1. The van der Waals surface area contributed by atoms with Crippen LogP contribution in [0.4, 0.5) is 5.82 Å². The largest absolute Gasteiger partial charge is 0.377 e. The van der Waals surface area contributed by atoms with E-state index in [4.69, 9.17) is 9.47 Å². The number of rotatable bonds is 5. The van der Waals surface area contributed by atoms with E-state index in [1.165, 1.54) is 6.20 Å². The second-order valence-corrected chi connectivity index (χ2v) is 7.26. The molecule has 0 saturated carbocycles. The molecule has 8 heteroatoms. The standard InChI is InChI=1S/C14H21N3O4S/c18-22(19,16-10-12-2-1-7-21-12)13-3-4-14(15-11-13)17-5-8-20-9-6-17/h3-4,11-12,16H,1-2,5-10H2/p+1/t12-/m1/s1. The van der Waals surface area contributed by atoms with E-state index in [1.807, 2.05) is 0 Å². The number of nitrogens with one attached hydrogen (secondary N) is 2. The zero-order valence-electron chi connectivity index (χ0n) is 12.5. The number of pyridine rings is 1. The number of H-pyrrole nitrogens is 1. The summed E-state index contributed by atoms with van der Waals surface area (Å²) < 4.78 is 37.9. The van der Waals surface area contributed by atoms with Gasteiger partial charge in [-0.15, -0.1) is 0 Å². The number of morpholine rings is 1. The molecule has 2 aliphatic heterocycles. The van der Waals surface area contributed by atoms with Gasteiger partial charge in [0, 0.05) is 19.2 Å². The maximum absolute atomic E-state index is 12.3. The van der Waals surface area contributed by atoms with Crippen LogP contribution in [0.1, 0.15) is 12.8 Å². The third kappa shape index (κ3) is 3.75. The van der Waals surface area contributed by atoms with Gasteiger partial charge in [-0.1, -0.05) is 0 Å². The molecule has 0 unspecified atom stereocenters. The van der Waals surface area contributed by atoms with Gasteiger partial charge in [0.05, 0.1) is 19.3 Å². The number of hydrogen-bond donors (Lipinski definition) is 1. The predicted molar refractivity (Wildman–Crippen MR) is 80.2 cm³/mol. The summed E-state index contributed by atoms with van der Waals surface area (Å²) in [6, 6.07) is 3.42. The molecule has 2 fully saturated rings. The summed E-state index contributed by atoms with van der Waals surface area (Å²) in [5, 5.41) is 0. The van der Waals surface area contributed by atoms with Crippen LogP contribution in [0.25, 0.3) is 0 Å². The maximum Gasteiger partial charge on any atom is 0.274 e. The van der Waals surface area contributed by atoms with Crippen LogP contribution < -0.4 is 14.6 Å². The lowest BCUT2D eigenvalue weighted by Crippen LogP contribution is -2.39. The lowest BCUT2D eigenvalue weighted by Gasteiger charge is -2.21. The molecule has 2 saturated heterocycles. The first kappa shape index (κ1) is 15.7. The molecule has 2 aliphatic rings. The summed E-state index contributed by atoms with van der Waals surface area (Å²) in [4.78, 5) is 5.44. The van der Waals surface area contributed by atoms with Crippen molar-refractivity contribution in [2.75, 3.05) is 44.4 Å². The second-order valence-electron chi connectivity index (χ2n) is 5.50. The van der Waals surface area contributed by atoms with Gasteiger partial charge in [-0.2, -0.15) is 0 Å². The van der Waals surface area contributed by atoms with E-state index in [2.05, 4.69) is 14.6 Å². The molecule has 7 nitrogen and oxygen atoms in total. The molecular weight excluding hydrogens is 306 g/mol. The van der Waals surface area contributed by atoms with Gasteiger partial charge >= 0.3 is 0 Å². The highest BCUT2D eigenvalue weighted by atomic mass is 32.2. The SMILES string of the molecule is O=S(=O)(NC[C@H]1CCCO1)c1ccc(N2CCOCC2)[nH+]c1. The molecule has 0 aromatic carbocycles. The third-order valence-electron chi connectivity index (χ3n) is 3.95. The van der Waals surface area contributed by atoms with Crippen molar-refractivity contribution < 1.29 is 22.9 Å². The van der Waals surface area contributed by atoms with E-state index < -0.39 is 10.0 Å². The predicted octanol–water partition coefficient (Wildman–Crippen LogP) is -0.205. The van der Waals surface area contributed by atoms with Crippen molar-refractivity contribution in [1.82, 2.24) is 4.72 Å². The highest BCUT2D eigenvalue weighted by Crippen LogP contribution is 2.14. The molecule has 1 aromatic heterocycles.